The molecule has 0 bridgehead atoms. The van der Waals surface area contributed by atoms with E-state index in [0.29, 0.717) is 17.3 Å². The SMILES string of the molecule is COC(=O)c1c(-c2ccc(Br)cc2)nn(C2CCCC2)c1C. The summed E-state index contributed by atoms with van der Waals surface area (Å²) in [4.78, 5) is 12.2. The first kappa shape index (κ1) is 15.3. The number of ether oxygens (including phenoxy) is 1. The minimum atomic E-state index is -0.320. The quantitative estimate of drug-likeness (QED) is 0.753. The molecule has 116 valence electrons. The summed E-state index contributed by atoms with van der Waals surface area (Å²) < 4.78 is 8.00. The molecule has 4 nitrogen and oxygen atoms in total. The molecule has 1 aliphatic rings. The molecule has 0 radical (unpaired) electrons. The molecule has 1 aromatic heterocycles. The number of methoxy groups -OCH3 is 1. The molecule has 0 unspecified atom stereocenters. The fraction of sp³-hybridized carbons (Fsp3) is 0.412. The minimum absolute atomic E-state index is 0.320. The Labute approximate surface area is 138 Å². The highest BCUT2D eigenvalue weighted by molar-refractivity contribution is 9.10. The molecule has 1 aliphatic carbocycles. The van der Waals surface area contributed by atoms with Crippen molar-refractivity contribution in [3.8, 4) is 11.3 Å². The summed E-state index contributed by atoms with van der Waals surface area (Å²) in [5.74, 6) is -0.320. The molecule has 0 spiro atoms. The van der Waals surface area contributed by atoms with Crippen molar-refractivity contribution in [1.82, 2.24) is 9.78 Å². The highest BCUT2D eigenvalue weighted by Crippen LogP contribution is 2.34. The third-order valence-electron chi connectivity index (χ3n) is 4.33. The average molecular weight is 363 g/mol. The fourth-order valence-electron chi connectivity index (χ4n) is 3.18. The van der Waals surface area contributed by atoms with Crippen LogP contribution in [-0.4, -0.2) is 22.9 Å². The normalized spacial score (nSPS) is 15.2. The van der Waals surface area contributed by atoms with Crippen molar-refractivity contribution >= 4 is 21.9 Å². The molecule has 3 rings (SSSR count). The maximum absolute atomic E-state index is 12.2. The number of hydrogen-bond donors (Lipinski definition) is 0. The molecule has 0 amide bonds. The molecule has 0 saturated heterocycles. The zero-order valence-corrected chi connectivity index (χ0v) is 14.4. The number of benzene rings is 1. The van der Waals surface area contributed by atoms with Gasteiger partial charge in [0.2, 0.25) is 0 Å². The van der Waals surface area contributed by atoms with Gasteiger partial charge in [-0.3, -0.25) is 4.68 Å². The van der Waals surface area contributed by atoms with Crippen LogP contribution in [0, 0.1) is 6.92 Å². The number of aromatic nitrogens is 2. The van der Waals surface area contributed by atoms with Crippen molar-refractivity contribution in [2.75, 3.05) is 7.11 Å². The lowest BCUT2D eigenvalue weighted by molar-refractivity contribution is 0.0600. The Morgan fingerprint density at radius 3 is 2.50 bits per heavy atom. The maximum atomic E-state index is 12.2. The molecular formula is C17H19BrN2O2. The second-order valence-electron chi connectivity index (χ2n) is 5.69. The number of halogens is 1. The van der Waals surface area contributed by atoms with Crippen LogP contribution in [0.15, 0.2) is 28.7 Å². The van der Waals surface area contributed by atoms with E-state index >= 15 is 0 Å². The summed E-state index contributed by atoms with van der Waals surface area (Å²) in [5, 5.41) is 4.76. The molecular weight excluding hydrogens is 344 g/mol. The zero-order valence-electron chi connectivity index (χ0n) is 12.8. The Hall–Kier alpha value is -1.62. The summed E-state index contributed by atoms with van der Waals surface area (Å²) >= 11 is 3.44. The van der Waals surface area contributed by atoms with E-state index in [-0.39, 0.29) is 5.97 Å². The molecule has 0 aliphatic heterocycles. The van der Waals surface area contributed by atoms with Crippen LogP contribution in [0.1, 0.15) is 47.8 Å². The number of carbonyl (C=O) groups is 1. The first-order valence-corrected chi connectivity index (χ1v) is 8.34. The van der Waals surface area contributed by atoms with Crippen LogP contribution in [0.2, 0.25) is 0 Å². The highest BCUT2D eigenvalue weighted by Gasteiger charge is 2.27. The van der Waals surface area contributed by atoms with Gasteiger partial charge in [0.1, 0.15) is 11.3 Å². The van der Waals surface area contributed by atoms with Crippen LogP contribution in [0.4, 0.5) is 0 Å². The average Bonchev–Trinajstić information content (AvgIpc) is 3.15. The van der Waals surface area contributed by atoms with Crippen LogP contribution in [0.3, 0.4) is 0 Å². The van der Waals surface area contributed by atoms with Crippen molar-refractivity contribution in [3.05, 3.63) is 40.0 Å². The number of nitrogens with zero attached hydrogens (tertiary/aromatic N) is 2. The second kappa shape index (κ2) is 6.24. The van der Waals surface area contributed by atoms with Crippen LogP contribution >= 0.6 is 15.9 Å². The summed E-state index contributed by atoms with van der Waals surface area (Å²) in [6, 6.07) is 8.25. The van der Waals surface area contributed by atoms with Gasteiger partial charge in [0.05, 0.1) is 18.8 Å². The monoisotopic (exact) mass is 362 g/mol. The van der Waals surface area contributed by atoms with Gasteiger partial charge in [-0.1, -0.05) is 40.9 Å². The third-order valence-corrected chi connectivity index (χ3v) is 4.86. The standard InChI is InChI=1S/C17H19BrN2O2/c1-11-15(17(21)22-2)16(12-7-9-13(18)10-8-12)19-20(11)14-5-3-4-6-14/h7-10,14H,3-6H2,1-2H3. The maximum Gasteiger partial charge on any atom is 0.342 e. The molecule has 1 fully saturated rings. The van der Waals surface area contributed by atoms with Crippen LogP contribution < -0.4 is 0 Å². The number of rotatable bonds is 3. The van der Waals surface area contributed by atoms with Crippen LogP contribution in [0.25, 0.3) is 11.3 Å². The lowest BCUT2D eigenvalue weighted by Gasteiger charge is -2.12. The number of esters is 1. The second-order valence-corrected chi connectivity index (χ2v) is 6.61. The topological polar surface area (TPSA) is 44.1 Å². The highest BCUT2D eigenvalue weighted by atomic mass is 79.9. The van der Waals surface area contributed by atoms with Gasteiger partial charge in [-0.15, -0.1) is 0 Å². The van der Waals surface area contributed by atoms with Crippen molar-refractivity contribution in [2.45, 2.75) is 38.6 Å². The summed E-state index contributed by atoms with van der Waals surface area (Å²) in [5.41, 5.74) is 3.13. The summed E-state index contributed by atoms with van der Waals surface area (Å²) in [6.07, 6.45) is 4.71. The first-order chi connectivity index (χ1) is 10.6. The van der Waals surface area contributed by atoms with Crippen molar-refractivity contribution in [3.63, 3.8) is 0 Å². The lowest BCUT2D eigenvalue weighted by atomic mass is 10.1. The van der Waals surface area contributed by atoms with E-state index in [1.54, 1.807) is 0 Å². The van der Waals surface area contributed by atoms with Crippen molar-refractivity contribution < 1.29 is 9.53 Å². The van der Waals surface area contributed by atoms with Gasteiger partial charge in [0.15, 0.2) is 0 Å². The molecule has 1 heterocycles. The summed E-state index contributed by atoms with van der Waals surface area (Å²) in [7, 11) is 1.42. The molecule has 22 heavy (non-hydrogen) atoms. The number of hydrogen-bond acceptors (Lipinski definition) is 3. The molecule has 5 heteroatoms. The lowest BCUT2D eigenvalue weighted by Crippen LogP contribution is -2.10. The Kier molecular flexibility index (Phi) is 4.34. The largest absolute Gasteiger partial charge is 0.465 e. The van der Waals surface area contributed by atoms with Gasteiger partial charge in [-0.05, 0) is 31.9 Å². The van der Waals surface area contributed by atoms with Gasteiger partial charge in [0, 0.05) is 10.0 Å². The third kappa shape index (κ3) is 2.70. The van der Waals surface area contributed by atoms with Gasteiger partial charge < -0.3 is 4.74 Å². The first-order valence-electron chi connectivity index (χ1n) is 7.55. The van der Waals surface area contributed by atoms with E-state index in [0.717, 1.165) is 28.6 Å². The van der Waals surface area contributed by atoms with Crippen LogP contribution in [-0.2, 0) is 4.74 Å². The molecule has 0 N–H and O–H groups in total. The Morgan fingerprint density at radius 2 is 1.91 bits per heavy atom. The fourth-order valence-corrected chi connectivity index (χ4v) is 3.44. The molecule has 2 aromatic rings. The predicted molar refractivity (Wildman–Crippen MR) is 88.9 cm³/mol. The predicted octanol–water partition coefficient (Wildman–Crippen LogP) is 4.52. The minimum Gasteiger partial charge on any atom is -0.465 e. The number of carbonyl (C=O) groups excluding carboxylic acids is 1. The van der Waals surface area contributed by atoms with E-state index in [1.807, 2.05) is 35.9 Å². The van der Waals surface area contributed by atoms with E-state index in [4.69, 9.17) is 9.84 Å². The smallest absolute Gasteiger partial charge is 0.342 e. The summed E-state index contributed by atoms with van der Waals surface area (Å²) in [6.45, 7) is 1.96. The van der Waals surface area contributed by atoms with Crippen molar-refractivity contribution in [1.29, 1.82) is 0 Å². The Bertz CT molecular complexity index is 685. The Balaban J connectivity index is 2.12. The van der Waals surface area contributed by atoms with Gasteiger partial charge in [-0.25, -0.2) is 4.79 Å². The van der Waals surface area contributed by atoms with Crippen LogP contribution in [0.5, 0.6) is 0 Å². The van der Waals surface area contributed by atoms with Gasteiger partial charge in [0.25, 0.3) is 0 Å². The van der Waals surface area contributed by atoms with E-state index in [2.05, 4.69) is 15.9 Å². The molecule has 0 atom stereocenters. The Morgan fingerprint density at radius 1 is 1.27 bits per heavy atom. The van der Waals surface area contributed by atoms with Gasteiger partial charge >= 0.3 is 5.97 Å². The zero-order chi connectivity index (χ0) is 15.7. The molecule has 1 saturated carbocycles. The van der Waals surface area contributed by atoms with Gasteiger partial charge in [-0.2, -0.15) is 5.10 Å². The molecule has 1 aromatic carbocycles. The van der Waals surface area contributed by atoms with E-state index in [9.17, 15) is 4.79 Å². The van der Waals surface area contributed by atoms with E-state index < -0.39 is 0 Å². The van der Waals surface area contributed by atoms with E-state index in [1.165, 1.54) is 20.0 Å². The van der Waals surface area contributed by atoms with Crippen molar-refractivity contribution in [2.24, 2.45) is 0 Å².